The summed E-state index contributed by atoms with van der Waals surface area (Å²) in [5.41, 5.74) is 0. The second-order valence-electron chi connectivity index (χ2n) is 24.2. The lowest BCUT2D eigenvalue weighted by Gasteiger charge is -2.24. The molecule has 1 N–H and O–H groups in total. The Morgan fingerprint density at radius 2 is 0.587 bits per heavy atom. The molecule has 0 saturated carbocycles. The Morgan fingerprint density at radius 3 is 0.870 bits per heavy atom. The number of carbonyl (C=O) groups excluding carboxylic acids is 2. The average molecular weight is 1290 g/mol. The zero-order chi connectivity index (χ0) is 66.9. The van der Waals surface area contributed by atoms with Crippen molar-refractivity contribution in [1.82, 2.24) is 0 Å². The maximum Gasteiger partial charge on any atom is 0.472 e. The van der Waals surface area contributed by atoms with E-state index in [0.29, 0.717) is 23.9 Å². The van der Waals surface area contributed by atoms with Crippen LogP contribution in [0.2, 0.25) is 0 Å². The highest BCUT2D eigenvalue weighted by molar-refractivity contribution is 7.47. The molecule has 0 fully saturated rings. The summed E-state index contributed by atoms with van der Waals surface area (Å²) in [6, 6.07) is 0. The van der Waals surface area contributed by atoms with Crippen molar-refractivity contribution in [1.29, 1.82) is 0 Å². The highest BCUT2D eigenvalue weighted by Crippen LogP contribution is 2.43. The van der Waals surface area contributed by atoms with Crippen LogP contribution in [0, 0.1) is 0 Å². The lowest BCUT2D eigenvalue weighted by molar-refractivity contribution is -0.870. The number of phosphoric ester groups is 1. The third-order valence-electron chi connectivity index (χ3n) is 14.3. The van der Waals surface area contributed by atoms with Crippen LogP contribution in [-0.2, 0) is 32.7 Å². The van der Waals surface area contributed by atoms with E-state index in [0.717, 1.165) is 167 Å². The fourth-order valence-electron chi connectivity index (χ4n) is 8.91. The van der Waals surface area contributed by atoms with Crippen molar-refractivity contribution in [2.45, 2.75) is 251 Å². The molecule has 0 spiro atoms. The summed E-state index contributed by atoms with van der Waals surface area (Å²) in [6.45, 7) is 4.16. The van der Waals surface area contributed by atoms with E-state index in [1.165, 1.54) is 38.5 Å². The van der Waals surface area contributed by atoms with Gasteiger partial charge in [-0.25, -0.2) is 4.57 Å². The molecule has 0 amide bonds. The number of hydrogen-bond acceptors (Lipinski definition) is 7. The lowest BCUT2D eigenvalue weighted by Crippen LogP contribution is -2.37. The fraction of sp³-hybridized carbons (Fsp3) is 0.561. The number of quaternary nitrogens is 1. The molecule has 10 heteroatoms. The van der Waals surface area contributed by atoms with Crippen LogP contribution in [0.15, 0.2) is 207 Å². The Morgan fingerprint density at radius 1 is 0.337 bits per heavy atom. The predicted octanol–water partition coefficient (Wildman–Crippen LogP) is 23.8. The molecule has 516 valence electrons. The number of hydrogen-bond donors (Lipinski definition) is 1. The number of allylic oxidation sites excluding steroid dienone is 34. The van der Waals surface area contributed by atoms with Gasteiger partial charge in [0.15, 0.2) is 6.10 Å². The Balaban J connectivity index is 4.19. The quantitative estimate of drug-likeness (QED) is 0.0211. The van der Waals surface area contributed by atoms with Crippen molar-refractivity contribution in [3.8, 4) is 0 Å². The van der Waals surface area contributed by atoms with Gasteiger partial charge >= 0.3 is 19.8 Å². The molecule has 2 atom stereocenters. The summed E-state index contributed by atoms with van der Waals surface area (Å²) in [6.07, 6.45) is 111. The molecule has 92 heavy (non-hydrogen) atoms. The van der Waals surface area contributed by atoms with E-state index in [4.69, 9.17) is 18.5 Å². The maximum atomic E-state index is 12.9. The lowest BCUT2D eigenvalue weighted by atomic mass is 10.1. The van der Waals surface area contributed by atoms with Crippen LogP contribution < -0.4 is 0 Å². The molecule has 0 rings (SSSR count). The fourth-order valence-corrected chi connectivity index (χ4v) is 9.65. The van der Waals surface area contributed by atoms with Crippen molar-refractivity contribution in [2.24, 2.45) is 0 Å². The van der Waals surface area contributed by atoms with Gasteiger partial charge in [-0.15, -0.1) is 0 Å². The molecule has 0 aromatic rings. The van der Waals surface area contributed by atoms with Gasteiger partial charge < -0.3 is 18.9 Å². The minimum absolute atomic E-state index is 0.0161. The van der Waals surface area contributed by atoms with Crippen molar-refractivity contribution < 1.29 is 42.1 Å². The van der Waals surface area contributed by atoms with E-state index >= 15 is 0 Å². The summed E-state index contributed by atoms with van der Waals surface area (Å²) in [4.78, 5) is 35.9. The van der Waals surface area contributed by atoms with Crippen LogP contribution in [0.25, 0.3) is 0 Å². The molecule has 0 aliphatic heterocycles. The van der Waals surface area contributed by atoms with Crippen LogP contribution in [0.4, 0.5) is 0 Å². The van der Waals surface area contributed by atoms with E-state index in [9.17, 15) is 19.0 Å². The van der Waals surface area contributed by atoms with Gasteiger partial charge in [0.25, 0.3) is 0 Å². The highest BCUT2D eigenvalue weighted by atomic mass is 31.2. The van der Waals surface area contributed by atoms with Gasteiger partial charge in [0.1, 0.15) is 19.8 Å². The van der Waals surface area contributed by atoms with Gasteiger partial charge in [-0.1, -0.05) is 291 Å². The van der Waals surface area contributed by atoms with Crippen LogP contribution >= 0.6 is 7.82 Å². The van der Waals surface area contributed by atoms with E-state index < -0.39 is 26.5 Å². The summed E-state index contributed by atoms with van der Waals surface area (Å²) in [7, 11) is 1.43. The average Bonchev–Trinajstić information content (AvgIpc) is 2.14. The molecule has 0 aromatic carbocycles. The largest absolute Gasteiger partial charge is 0.472 e. The summed E-state index contributed by atoms with van der Waals surface area (Å²) in [5, 5.41) is 0. The monoisotopic (exact) mass is 1290 g/mol. The molecular formula is C82H131NO8P+. The zero-order valence-corrected chi connectivity index (χ0v) is 59.6. The van der Waals surface area contributed by atoms with E-state index in [2.05, 4.69) is 220 Å². The molecule has 0 radical (unpaired) electrons. The van der Waals surface area contributed by atoms with Gasteiger partial charge in [0.2, 0.25) is 0 Å². The van der Waals surface area contributed by atoms with Gasteiger partial charge in [-0.3, -0.25) is 18.6 Å². The van der Waals surface area contributed by atoms with Crippen molar-refractivity contribution >= 4 is 19.8 Å². The zero-order valence-electron chi connectivity index (χ0n) is 58.7. The number of rotatable bonds is 63. The molecule has 0 aliphatic rings. The number of nitrogens with zero attached hydrogens (tertiary/aromatic N) is 1. The third-order valence-corrected chi connectivity index (χ3v) is 15.3. The molecule has 0 aromatic heterocycles. The predicted molar refractivity (Wildman–Crippen MR) is 398 cm³/mol. The van der Waals surface area contributed by atoms with Crippen molar-refractivity contribution in [3.05, 3.63) is 207 Å². The Kier molecular flexibility index (Phi) is 65.8. The number of carbonyl (C=O) groups is 2. The van der Waals surface area contributed by atoms with Crippen molar-refractivity contribution in [2.75, 3.05) is 47.5 Å². The van der Waals surface area contributed by atoms with Crippen molar-refractivity contribution in [3.63, 3.8) is 0 Å². The van der Waals surface area contributed by atoms with Crippen LogP contribution in [-0.4, -0.2) is 74.9 Å². The Labute approximate surface area is 564 Å². The second-order valence-corrected chi connectivity index (χ2v) is 25.6. The highest BCUT2D eigenvalue weighted by Gasteiger charge is 2.27. The van der Waals surface area contributed by atoms with Crippen LogP contribution in [0.3, 0.4) is 0 Å². The minimum atomic E-state index is -4.42. The topological polar surface area (TPSA) is 108 Å². The first-order valence-corrected chi connectivity index (χ1v) is 37.3. The van der Waals surface area contributed by atoms with E-state index in [1.807, 2.05) is 21.1 Å². The Bertz CT molecular complexity index is 2310. The first kappa shape index (κ1) is 86.6. The number of unbranched alkanes of at least 4 members (excludes halogenated alkanes) is 15. The van der Waals surface area contributed by atoms with Gasteiger partial charge in [0.05, 0.1) is 27.7 Å². The first-order chi connectivity index (χ1) is 45.0. The molecule has 0 bridgehead atoms. The molecule has 0 aliphatic carbocycles. The summed E-state index contributed by atoms with van der Waals surface area (Å²) in [5.74, 6) is -0.835. The maximum absolute atomic E-state index is 12.9. The number of likely N-dealkylation sites (N-methyl/N-ethyl adjacent to an activating group) is 1. The van der Waals surface area contributed by atoms with Crippen LogP contribution in [0.1, 0.15) is 245 Å². The molecule has 9 nitrogen and oxygen atoms in total. The summed E-state index contributed by atoms with van der Waals surface area (Å²) >= 11 is 0. The number of phosphoric acid groups is 1. The SMILES string of the molecule is CC/C=C\C/C=C\C/C=C\C/C=C\C/C=C\C/C=C\C/C=C\C/C=C\C/C=C\CCCCCCCCCC(=O)OC(COC(=O)CCCCCCCCCC/C=C\C/C=C\C/C=C\C/C=C\C/C=C\C/C=C\C/C=C\C/C=C\CC)COP(=O)(O)OCC[N+](C)(C)C. The molecule has 0 saturated heterocycles. The van der Waals surface area contributed by atoms with Gasteiger partial charge in [-0.2, -0.15) is 0 Å². The second kappa shape index (κ2) is 69.9. The number of ether oxygens (including phenoxy) is 2. The summed E-state index contributed by atoms with van der Waals surface area (Å²) < 4.78 is 34.7. The van der Waals surface area contributed by atoms with E-state index in [-0.39, 0.29) is 32.0 Å². The molecular weight excluding hydrogens is 1160 g/mol. The Hall–Kier alpha value is -5.41. The van der Waals surface area contributed by atoms with Gasteiger partial charge in [-0.05, 0) is 148 Å². The number of esters is 2. The third kappa shape index (κ3) is 73.6. The normalized spacial score (nSPS) is 14.4. The smallest absolute Gasteiger partial charge is 0.462 e. The first-order valence-electron chi connectivity index (χ1n) is 35.8. The molecule has 0 heterocycles. The minimum Gasteiger partial charge on any atom is -0.462 e. The standard InChI is InChI=1S/C82H130NO8P/c1-6-8-10-12-14-16-18-20-22-24-26-28-30-32-34-36-38-40-41-43-45-47-49-51-53-55-57-59-61-63-65-67-69-71-73-75-82(85)91-80(79-90-92(86,87)89-77-76-83(3,4)5)78-88-81(84)74-72-70-68-66-64-62-60-58-56-54-52-50-48-46-44-42-39-37-35-33-31-29-27-25-23-21-19-17-15-13-11-9-7-2/h8-11,14-17,20-23,26-29,32-35,38-40,42-43,45-46,48-49,51-52,54-55,57,80H,6-7,12-13,18-19,24-25,30-31,36-37,41,44,47,50,53,56,58-79H2,1-5H3/p+1/b10-8-,11-9-,16-14-,17-15-,22-20-,23-21-,28-26-,29-27-,34-32-,35-33-,40-38-,42-39-,45-43-,48-46-,51-49-,54-52-,57-55-. The molecule has 2 unspecified atom stereocenters. The van der Waals surface area contributed by atoms with E-state index in [1.54, 1.807) is 0 Å². The van der Waals surface area contributed by atoms with Crippen LogP contribution in [0.5, 0.6) is 0 Å². The van der Waals surface area contributed by atoms with Gasteiger partial charge in [0, 0.05) is 12.8 Å².